The second-order valence-electron chi connectivity index (χ2n) is 6.15. The summed E-state index contributed by atoms with van der Waals surface area (Å²) in [5.41, 5.74) is 3.13. The van der Waals surface area contributed by atoms with E-state index in [9.17, 15) is 8.42 Å². The van der Waals surface area contributed by atoms with Crippen molar-refractivity contribution in [1.29, 1.82) is 0 Å². The molecule has 2 heterocycles. The minimum atomic E-state index is -3.26. The fraction of sp³-hybridized carbons (Fsp3) is 0.562. The summed E-state index contributed by atoms with van der Waals surface area (Å²) in [6, 6.07) is 6.11. The first-order valence-electron chi connectivity index (χ1n) is 7.92. The third-order valence-electron chi connectivity index (χ3n) is 4.37. The van der Waals surface area contributed by atoms with E-state index in [-0.39, 0.29) is 18.3 Å². The topological polar surface area (TPSA) is 75.3 Å². The van der Waals surface area contributed by atoms with Crippen molar-refractivity contribution in [2.75, 3.05) is 32.6 Å². The number of aromatic amines is 1. The number of sulfonamides is 1. The predicted molar refractivity (Wildman–Crippen MR) is 90.0 cm³/mol. The van der Waals surface area contributed by atoms with E-state index >= 15 is 0 Å². The molecule has 0 spiro atoms. The molecule has 0 bridgehead atoms. The van der Waals surface area contributed by atoms with Crippen LogP contribution in [0.1, 0.15) is 30.1 Å². The van der Waals surface area contributed by atoms with E-state index in [0.717, 1.165) is 29.7 Å². The Labute approximate surface area is 136 Å². The molecule has 0 radical (unpaired) electrons. The molecule has 0 saturated carbocycles. The van der Waals surface area contributed by atoms with Gasteiger partial charge in [-0.05, 0) is 37.5 Å². The number of H-pyrrole nitrogens is 1. The van der Waals surface area contributed by atoms with Gasteiger partial charge in [-0.1, -0.05) is 6.07 Å². The van der Waals surface area contributed by atoms with Crippen LogP contribution in [-0.4, -0.2) is 55.3 Å². The first-order valence-corrected chi connectivity index (χ1v) is 9.53. The third kappa shape index (κ3) is 3.57. The normalized spacial score (nSPS) is 20.2. The molecule has 1 fully saturated rings. The van der Waals surface area contributed by atoms with Gasteiger partial charge in [0.05, 0.1) is 23.4 Å². The second-order valence-corrected chi connectivity index (χ2v) is 8.24. The summed E-state index contributed by atoms with van der Waals surface area (Å²) in [6.45, 7) is 3.35. The zero-order chi connectivity index (χ0) is 16.4. The highest BCUT2D eigenvalue weighted by Gasteiger charge is 2.30. The van der Waals surface area contributed by atoms with Gasteiger partial charge < -0.3 is 9.72 Å². The van der Waals surface area contributed by atoms with Crippen LogP contribution >= 0.6 is 0 Å². The summed E-state index contributed by atoms with van der Waals surface area (Å²) in [5.74, 6) is 1.04. The molecule has 1 atom stereocenters. The van der Waals surface area contributed by atoms with E-state index in [1.54, 1.807) is 4.31 Å². The van der Waals surface area contributed by atoms with E-state index in [4.69, 9.17) is 4.74 Å². The van der Waals surface area contributed by atoms with Crippen LogP contribution in [0.3, 0.4) is 0 Å². The number of aryl methyl sites for hydroxylation is 1. The number of hydrogen-bond acceptors (Lipinski definition) is 4. The van der Waals surface area contributed by atoms with Crippen LogP contribution in [0.4, 0.5) is 0 Å². The summed E-state index contributed by atoms with van der Waals surface area (Å²) < 4.78 is 31.2. The van der Waals surface area contributed by atoms with Gasteiger partial charge in [-0.25, -0.2) is 17.7 Å². The molecule has 0 aliphatic carbocycles. The summed E-state index contributed by atoms with van der Waals surface area (Å²) in [6.07, 6.45) is 1.81. The molecule has 1 aliphatic heterocycles. The molecule has 0 unspecified atom stereocenters. The Hall–Kier alpha value is -1.44. The molecule has 1 saturated heterocycles. The average molecular weight is 337 g/mol. The van der Waals surface area contributed by atoms with Gasteiger partial charge in [0.15, 0.2) is 0 Å². The lowest BCUT2D eigenvalue weighted by molar-refractivity contribution is 0.214. The maximum Gasteiger partial charge on any atom is 0.216 e. The van der Waals surface area contributed by atoms with Gasteiger partial charge in [0.2, 0.25) is 10.0 Å². The minimum Gasteiger partial charge on any atom is -0.384 e. The van der Waals surface area contributed by atoms with Crippen LogP contribution in [0.2, 0.25) is 0 Å². The fourth-order valence-corrected chi connectivity index (χ4v) is 4.52. The third-order valence-corrected chi connectivity index (χ3v) is 6.17. The molecule has 1 aliphatic rings. The van der Waals surface area contributed by atoms with E-state index < -0.39 is 10.0 Å². The van der Waals surface area contributed by atoms with E-state index in [0.29, 0.717) is 13.1 Å². The highest BCUT2D eigenvalue weighted by molar-refractivity contribution is 7.89. The number of aromatic nitrogens is 2. The van der Waals surface area contributed by atoms with Gasteiger partial charge in [0.25, 0.3) is 0 Å². The molecule has 6 nitrogen and oxygen atoms in total. The zero-order valence-corrected chi connectivity index (χ0v) is 14.4. The van der Waals surface area contributed by atoms with Crippen LogP contribution in [0.5, 0.6) is 0 Å². The summed E-state index contributed by atoms with van der Waals surface area (Å²) in [4.78, 5) is 8.02. The van der Waals surface area contributed by atoms with Gasteiger partial charge in [-0.15, -0.1) is 0 Å². The van der Waals surface area contributed by atoms with Crippen LogP contribution < -0.4 is 0 Å². The first-order chi connectivity index (χ1) is 11.0. The molecular weight excluding hydrogens is 314 g/mol. The summed E-state index contributed by atoms with van der Waals surface area (Å²) in [7, 11) is -1.74. The molecule has 3 rings (SSSR count). The molecule has 1 aromatic heterocycles. The number of fused-ring (bicyclic) bond motifs is 1. The molecule has 7 heteroatoms. The molecule has 1 N–H and O–H groups in total. The van der Waals surface area contributed by atoms with E-state index in [2.05, 4.69) is 16.0 Å². The van der Waals surface area contributed by atoms with Gasteiger partial charge in [0, 0.05) is 26.1 Å². The maximum absolute atomic E-state index is 12.4. The number of nitrogens with zero attached hydrogens (tertiary/aromatic N) is 2. The molecule has 23 heavy (non-hydrogen) atoms. The van der Waals surface area contributed by atoms with Crippen molar-refractivity contribution in [3.05, 3.63) is 29.6 Å². The minimum absolute atomic E-state index is 0.0372. The number of piperidine rings is 1. The Morgan fingerprint density at radius 3 is 3.04 bits per heavy atom. The van der Waals surface area contributed by atoms with Crippen molar-refractivity contribution < 1.29 is 13.2 Å². The van der Waals surface area contributed by atoms with Gasteiger partial charge in [0.1, 0.15) is 5.82 Å². The summed E-state index contributed by atoms with van der Waals surface area (Å²) >= 11 is 0. The van der Waals surface area contributed by atoms with Crippen molar-refractivity contribution in [1.82, 2.24) is 14.3 Å². The highest BCUT2D eigenvalue weighted by atomic mass is 32.2. The number of methoxy groups -OCH3 is 1. The molecule has 2 aromatic rings. The van der Waals surface area contributed by atoms with Crippen molar-refractivity contribution in [3.8, 4) is 0 Å². The number of imidazole rings is 1. The van der Waals surface area contributed by atoms with Crippen molar-refractivity contribution in [3.63, 3.8) is 0 Å². The number of hydrogen-bond donors (Lipinski definition) is 1. The number of ether oxygens (including phenoxy) is 1. The van der Waals surface area contributed by atoms with Gasteiger partial charge in [-0.2, -0.15) is 0 Å². The van der Waals surface area contributed by atoms with Crippen molar-refractivity contribution in [2.24, 2.45) is 0 Å². The van der Waals surface area contributed by atoms with Gasteiger partial charge in [-0.3, -0.25) is 0 Å². The monoisotopic (exact) mass is 337 g/mol. The lowest BCUT2D eigenvalue weighted by atomic mass is 9.99. The van der Waals surface area contributed by atoms with Crippen LogP contribution in [-0.2, 0) is 14.8 Å². The largest absolute Gasteiger partial charge is 0.384 e. The smallest absolute Gasteiger partial charge is 0.216 e. The molecule has 1 aromatic carbocycles. The Balaban J connectivity index is 1.79. The highest BCUT2D eigenvalue weighted by Crippen LogP contribution is 2.28. The van der Waals surface area contributed by atoms with E-state index in [1.807, 2.05) is 19.1 Å². The van der Waals surface area contributed by atoms with E-state index in [1.165, 1.54) is 12.7 Å². The predicted octanol–water partition coefficient (Wildman–Crippen LogP) is 2.03. The molecule has 0 amide bonds. The Morgan fingerprint density at radius 1 is 1.43 bits per heavy atom. The lowest BCUT2D eigenvalue weighted by Crippen LogP contribution is -2.41. The van der Waals surface area contributed by atoms with Crippen LogP contribution in [0, 0.1) is 6.92 Å². The number of rotatable bonds is 5. The van der Waals surface area contributed by atoms with Crippen LogP contribution in [0.25, 0.3) is 11.0 Å². The van der Waals surface area contributed by atoms with Crippen molar-refractivity contribution in [2.45, 2.75) is 25.7 Å². The zero-order valence-electron chi connectivity index (χ0n) is 13.6. The number of benzene rings is 1. The van der Waals surface area contributed by atoms with Crippen molar-refractivity contribution >= 4 is 21.1 Å². The van der Waals surface area contributed by atoms with Crippen LogP contribution in [0.15, 0.2) is 18.2 Å². The second kappa shape index (κ2) is 6.59. The quantitative estimate of drug-likeness (QED) is 0.906. The Kier molecular flexibility index (Phi) is 4.70. The maximum atomic E-state index is 12.4. The lowest BCUT2D eigenvalue weighted by Gasteiger charge is -2.30. The standard InChI is InChI=1S/C16H23N3O3S/c1-12-5-6-14-15(10-12)18-16(17-14)13-4-3-7-19(11-13)23(20,21)9-8-22-2/h5-6,10,13H,3-4,7-9,11H2,1-2H3,(H,17,18)/t13-/m0/s1. The molecule has 126 valence electrons. The SMILES string of the molecule is COCCS(=O)(=O)N1CCC[C@H](c2nc3ccc(C)cc3[nH]2)C1. The number of nitrogens with one attached hydrogen (secondary N) is 1. The summed E-state index contributed by atoms with van der Waals surface area (Å²) in [5, 5.41) is 0. The Bertz CT molecular complexity index is 785. The average Bonchev–Trinajstić information content (AvgIpc) is 2.96. The molecular formula is C16H23N3O3S. The first kappa shape index (κ1) is 16.4. The Morgan fingerprint density at radius 2 is 2.26 bits per heavy atom. The van der Waals surface area contributed by atoms with Gasteiger partial charge >= 0.3 is 0 Å². The fourth-order valence-electron chi connectivity index (χ4n) is 3.07.